The standard InChI is InChI=1S/C28H21F3N6O2S2/c1-14-8-9-19-17(10-14)27(24(39)34-19)18(12-32)23(33)37(20-6-3-7-21(38)22(20)27)25-35-36-26(41-25)40-13-15-4-2-5-16(11-15)28(29,30)31/h2,4-5,8-11H,3,6-7,13,33H2,1H3,(H,34,39)/t27-/m0/s1. The summed E-state index contributed by atoms with van der Waals surface area (Å²) in [5, 5.41) is 22.0. The van der Waals surface area contributed by atoms with E-state index in [-0.39, 0.29) is 34.9 Å². The van der Waals surface area contributed by atoms with Crippen LogP contribution in [0.5, 0.6) is 0 Å². The average Bonchev–Trinajstić information content (AvgIpc) is 3.50. The van der Waals surface area contributed by atoms with E-state index < -0.39 is 23.1 Å². The number of rotatable bonds is 4. The molecule has 208 valence electrons. The maximum atomic E-state index is 13.7. The van der Waals surface area contributed by atoms with Crippen LogP contribution in [0.3, 0.4) is 0 Å². The number of halogens is 3. The predicted octanol–water partition coefficient (Wildman–Crippen LogP) is 5.57. The molecule has 0 radical (unpaired) electrons. The highest BCUT2D eigenvalue weighted by Gasteiger charge is 2.60. The normalized spacial score (nSPS) is 20.3. The van der Waals surface area contributed by atoms with Crippen molar-refractivity contribution in [1.29, 1.82) is 5.26 Å². The first kappa shape index (κ1) is 27.0. The van der Waals surface area contributed by atoms with Crippen molar-refractivity contribution in [3.63, 3.8) is 0 Å². The Morgan fingerprint density at radius 3 is 2.76 bits per heavy atom. The molecule has 3 heterocycles. The van der Waals surface area contributed by atoms with Crippen molar-refractivity contribution in [1.82, 2.24) is 10.2 Å². The van der Waals surface area contributed by atoms with Gasteiger partial charge in [0.05, 0.1) is 11.1 Å². The van der Waals surface area contributed by atoms with Crippen LogP contribution < -0.4 is 16.0 Å². The third-order valence-corrected chi connectivity index (χ3v) is 9.50. The van der Waals surface area contributed by atoms with Crippen LogP contribution in [0.25, 0.3) is 0 Å². The van der Waals surface area contributed by atoms with E-state index in [1.54, 1.807) is 18.2 Å². The first-order valence-corrected chi connectivity index (χ1v) is 14.4. The number of hydrogen-bond acceptors (Lipinski definition) is 9. The summed E-state index contributed by atoms with van der Waals surface area (Å²) >= 11 is 2.35. The number of Topliss-reactive ketones (excluding diaryl/α,β-unsaturated/α-hetero) is 1. The molecule has 0 unspecified atom stereocenters. The van der Waals surface area contributed by atoms with Gasteiger partial charge in [-0.2, -0.15) is 18.4 Å². The lowest BCUT2D eigenvalue weighted by atomic mass is 9.64. The zero-order valence-corrected chi connectivity index (χ0v) is 23.1. The van der Waals surface area contributed by atoms with Crippen LogP contribution in [0, 0.1) is 18.3 Å². The molecule has 1 spiro atoms. The number of aryl methyl sites for hydroxylation is 1. The molecule has 1 amide bonds. The summed E-state index contributed by atoms with van der Waals surface area (Å²) in [6.45, 7) is 1.86. The monoisotopic (exact) mass is 594 g/mol. The lowest BCUT2D eigenvalue weighted by molar-refractivity contribution is -0.137. The van der Waals surface area contributed by atoms with E-state index in [1.807, 2.05) is 13.0 Å². The molecule has 6 rings (SSSR count). The molecule has 3 N–H and O–H groups in total. The lowest BCUT2D eigenvalue weighted by Gasteiger charge is -2.42. The van der Waals surface area contributed by atoms with Crippen molar-refractivity contribution in [2.75, 3.05) is 10.2 Å². The van der Waals surface area contributed by atoms with E-state index >= 15 is 0 Å². The molecule has 0 bridgehead atoms. The summed E-state index contributed by atoms with van der Waals surface area (Å²) in [5.41, 5.74) is 7.24. The summed E-state index contributed by atoms with van der Waals surface area (Å²) in [4.78, 5) is 28.8. The molecule has 13 heteroatoms. The van der Waals surface area contributed by atoms with Gasteiger partial charge >= 0.3 is 6.18 Å². The number of carbonyl (C=O) groups excluding carboxylic acids is 2. The molecule has 0 saturated carbocycles. The van der Waals surface area contributed by atoms with Gasteiger partial charge in [-0.15, -0.1) is 10.2 Å². The molecule has 1 aromatic heterocycles. The molecule has 1 aliphatic carbocycles. The molecule has 41 heavy (non-hydrogen) atoms. The Bertz CT molecular complexity index is 1740. The van der Waals surface area contributed by atoms with Crippen molar-refractivity contribution in [3.05, 3.63) is 87.4 Å². The average molecular weight is 595 g/mol. The molecular weight excluding hydrogens is 573 g/mol. The van der Waals surface area contributed by atoms with Crippen molar-refractivity contribution >= 4 is 45.6 Å². The topological polar surface area (TPSA) is 125 Å². The SMILES string of the molecule is Cc1ccc2c(c1)[C@]1(C(=O)N2)C(C#N)=C(N)N(c2nnc(SCc3cccc(C(F)(F)F)c3)s2)C2=C1C(=O)CCC2. The number of ketones is 1. The fraction of sp³-hybridized carbons (Fsp3) is 0.250. The lowest BCUT2D eigenvalue weighted by Crippen LogP contribution is -2.50. The summed E-state index contributed by atoms with van der Waals surface area (Å²) in [5.74, 6) is -0.547. The molecular formula is C28H21F3N6O2S2. The van der Waals surface area contributed by atoms with E-state index in [4.69, 9.17) is 5.73 Å². The smallest absolute Gasteiger partial charge is 0.384 e. The van der Waals surface area contributed by atoms with Gasteiger partial charge in [0.1, 0.15) is 17.3 Å². The van der Waals surface area contributed by atoms with Crippen LogP contribution in [-0.2, 0) is 26.9 Å². The number of carbonyl (C=O) groups is 2. The maximum Gasteiger partial charge on any atom is 0.416 e. The predicted molar refractivity (Wildman–Crippen MR) is 148 cm³/mol. The van der Waals surface area contributed by atoms with Crippen LogP contribution in [0.2, 0.25) is 0 Å². The number of allylic oxidation sites excluding steroid dienone is 1. The molecule has 0 fully saturated rings. The molecule has 1 atom stereocenters. The van der Waals surface area contributed by atoms with Crippen LogP contribution in [0.4, 0.5) is 24.0 Å². The van der Waals surface area contributed by atoms with E-state index in [0.717, 1.165) is 29.0 Å². The summed E-state index contributed by atoms with van der Waals surface area (Å²) in [6.07, 6.45) is -3.28. The van der Waals surface area contributed by atoms with Gasteiger partial charge in [-0.05, 0) is 37.5 Å². The first-order chi connectivity index (χ1) is 19.5. The maximum absolute atomic E-state index is 13.7. The number of amides is 1. The molecule has 0 saturated heterocycles. The van der Waals surface area contributed by atoms with Gasteiger partial charge < -0.3 is 11.1 Å². The second-order valence-corrected chi connectivity index (χ2v) is 12.1. The number of hydrogen-bond donors (Lipinski definition) is 2. The Labute approximate surface area is 240 Å². The second-order valence-electron chi connectivity index (χ2n) is 9.90. The summed E-state index contributed by atoms with van der Waals surface area (Å²) in [6, 6.07) is 12.6. The number of alkyl halides is 3. The van der Waals surface area contributed by atoms with E-state index in [2.05, 4.69) is 21.6 Å². The van der Waals surface area contributed by atoms with Gasteiger partial charge in [-0.1, -0.05) is 59.0 Å². The van der Waals surface area contributed by atoms with E-state index in [9.17, 15) is 28.0 Å². The summed E-state index contributed by atoms with van der Waals surface area (Å²) in [7, 11) is 0. The number of nitrogens with zero attached hydrogens (tertiary/aromatic N) is 4. The van der Waals surface area contributed by atoms with Crippen molar-refractivity contribution in [2.24, 2.45) is 5.73 Å². The van der Waals surface area contributed by atoms with Gasteiger partial charge in [-0.25, -0.2) is 0 Å². The van der Waals surface area contributed by atoms with Gasteiger partial charge in [0, 0.05) is 34.7 Å². The van der Waals surface area contributed by atoms with Crippen molar-refractivity contribution in [2.45, 2.75) is 47.9 Å². The highest BCUT2D eigenvalue weighted by molar-refractivity contribution is 8.00. The number of fused-ring (bicyclic) bond motifs is 3. The largest absolute Gasteiger partial charge is 0.416 e. The molecule has 2 aliphatic heterocycles. The van der Waals surface area contributed by atoms with Crippen molar-refractivity contribution in [3.8, 4) is 6.07 Å². The van der Waals surface area contributed by atoms with Gasteiger partial charge in [0.15, 0.2) is 10.1 Å². The molecule has 3 aliphatic rings. The Morgan fingerprint density at radius 2 is 2.00 bits per heavy atom. The van der Waals surface area contributed by atoms with Crippen LogP contribution in [0.1, 0.15) is 41.5 Å². The number of aromatic nitrogens is 2. The molecule has 3 aromatic rings. The number of thioether (sulfide) groups is 1. The third kappa shape index (κ3) is 4.20. The quantitative estimate of drug-likeness (QED) is 0.376. The Morgan fingerprint density at radius 1 is 1.20 bits per heavy atom. The highest BCUT2D eigenvalue weighted by Crippen LogP contribution is 2.55. The van der Waals surface area contributed by atoms with Crippen LogP contribution in [-0.4, -0.2) is 21.9 Å². The fourth-order valence-corrected chi connectivity index (χ4v) is 7.48. The second kappa shape index (κ2) is 9.74. The minimum atomic E-state index is -4.44. The zero-order chi connectivity index (χ0) is 29.1. The number of nitrogens with two attached hydrogens (primary N) is 1. The number of nitriles is 1. The minimum absolute atomic E-state index is 0.0176. The molecule has 8 nitrogen and oxygen atoms in total. The highest BCUT2D eigenvalue weighted by atomic mass is 32.2. The van der Waals surface area contributed by atoms with E-state index in [1.165, 1.54) is 22.7 Å². The minimum Gasteiger partial charge on any atom is -0.384 e. The fourth-order valence-electron chi connectivity index (χ4n) is 5.66. The van der Waals surface area contributed by atoms with Gasteiger partial charge in [0.25, 0.3) is 0 Å². The van der Waals surface area contributed by atoms with Crippen LogP contribution >= 0.6 is 23.1 Å². The Balaban J connectivity index is 1.41. The Hall–Kier alpha value is -4.15. The molecule has 2 aromatic carbocycles. The number of anilines is 2. The number of nitrogens with one attached hydrogen (secondary N) is 1. The third-order valence-electron chi connectivity index (χ3n) is 7.39. The summed E-state index contributed by atoms with van der Waals surface area (Å²) < 4.78 is 39.8. The zero-order valence-electron chi connectivity index (χ0n) is 21.5. The van der Waals surface area contributed by atoms with Gasteiger partial charge in [0.2, 0.25) is 11.0 Å². The first-order valence-electron chi connectivity index (χ1n) is 12.6. The number of benzene rings is 2. The Kier molecular flexibility index (Phi) is 6.43. The van der Waals surface area contributed by atoms with Crippen molar-refractivity contribution < 1.29 is 22.8 Å². The van der Waals surface area contributed by atoms with Gasteiger partial charge in [-0.3, -0.25) is 14.5 Å². The van der Waals surface area contributed by atoms with Crippen LogP contribution in [0.15, 0.2) is 69.5 Å². The van der Waals surface area contributed by atoms with E-state index in [0.29, 0.717) is 44.8 Å².